The predicted octanol–water partition coefficient (Wildman–Crippen LogP) is 2.37. The van der Waals surface area contributed by atoms with Crippen molar-refractivity contribution in [2.75, 3.05) is 26.2 Å². The molecule has 0 bridgehead atoms. The van der Waals surface area contributed by atoms with Crippen molar-refractivity contribution in [1.29, 1.82) is 0 Å². The Morgan fingerprint density at radius 3 is 2.31 bits per heavy atom. The summed E-state index contributed by atoms with van der Waals surface area (Å²) in [5, 5.41) is 0. The molecule has 2 aromatic carbocycles. The topological polar surface area (TPSA) is 57.7 Å². The number of amides is 1. The number of hydrogen-bond acceptors (Lipinski definition) is 3. The zero-order valence-electron chi connectivity index (χ0n) is 14.1. The van der Waals surface area contributed by atoms with Gasteiger partial charge in [-0.2, -0.15) is 4.31 Å². The molecule has 0 saturated carbocycles. The first kappa shape index (κ1) is 18.3. The van der Waals surface area contributed by atoms with E-state index in [-0.39, 0.29) is 29.7 Å². The molecule has 1 aliphatic rings. The minimum atomic E-state index is -3.54. The molecule has 3 rings (SSSR count). The molecule has 0 atom stereocenters. The molecule has 1 saturated heterocycles. The van der Waals surface area contributed by atoms with Gasteiger partial charge in [-0.3, -0.25) is 4.79 Å². The average Bonchev–Trinajstić information content (AvgIpc) is 2.67. The highest BCUT2D eigenvalue weighted by molar-refractivity contribution is 7.89. The van der Waals surface area contributed by atoms with E-state index in [2.05, 4.69) is 0 Å². The fourth-order valence-electron chi connectivity index (χ4n) is 2.77. The normalized spacial score (nSPS) is 16.1. The molecule has 0 spiro atoms. The first-order chi connectivity index (χ1) is 12.5. The summed E-state index contributed by atoms with van der Waals surface area (Å²) in [6.45, 7) is 1.13. The summed E-state index contributed by atoms with van der Waals surface area (Å²) in [7, 11) is -3.54. The molecule has 0 unspecified atom stereocenters. The second kappa shape index (κ2) is 7.80. The second-order valence-electron chi connectivity index (χ2n) is 5.93. The van der Waals surface area contributed by atoms with Gasteiger partial charge in [0.2, 0.25) is 15.9 Å². The lowest BCUT2D eigenvalue weighted by Gasteiger charge is -2.33. The monoisotopic (exact) mass is 374 g/mol. The van der Waals surface area contributed by atoms with Gasteiger partial charge in [-0.15, -0.1) is 0 Å². The molecule has 7 heteroatoms. The van der Waals surface area contributed by atoms with E-state index in [1.807, 2.05) is 0 Å². The summed E-state index contributed by atoms with van der Waals surface area (Å²) < 4.78 is 39.7. The largest absolute Gasteiger partial charge is 0.337 e. The van der Waals surface area contributed by atoms with Crippen molar-refractivity contribution in [2.45, 2.75) is 4.90 Å². The van der Waals surface area contributed by atoms with E-state index in [4.69, 9.17) is 0 Å². The third kappa shape index (κ3) is 4.17. The zero-order chi connectivity index (χ0) is 18.6. The number of rotatable bonds is 4. The van der Waals surface area contributed by atoms with Crippen molar-refractivity contribution in [3.63, 3.8) is 0 Å². The zero-order valence-corrected chi connectivity index (χ0v) is 14.9. The van der Waals surface area contributed by atoms with Gasteiger partial charge in [-0.1, -0.05) is 30.3 Å². The number of hydrogen-bond donors (Lipinski definition) is 0. The highest BCUT2D eigenvalue weighted by Gasteiger charge is 2.29. The minimum absolute atomic E-state index is 0.217. The Bertz CT molecular complexity index is 905. The first-order valence-corrected chi connectivity index (χ1v) is 9.68. The van der Waals surface area contributed by atoms with E-state index >= 15 is 0 Å². The Labute approximate surface area is 152 Å². The lowest BCUT2D eigenvalue weighted by Crippen LogP contribution is -2.50. The van der Waals surface area contributed by atoms with Gasteiger partial charge < -0.3 is 4.90 Å². The van der Waals surface area contributed by atoms with Crippen LogP contribution in [0.25, 0.3) is 6.08 Å². The lowest BCUT2D eigenvalue weighted by atomic mass is 10.2. The third-order valence-electron chi connectivity index (χ3n) is 4.20. The van der Waals surface area contributed by atoms with Crippen LogP contribution in [0, 0.1) is 5.82 Å². The quantitative estimate of drug-likeness (QED) is 0.772. The van der Waals surface area contributed by atoms with Gasteiger partial charge in [0.05, 0.1) is 4.90 Å². The number of benzene rings is 2. The number of piperazine rings is 1. The number of nitrogens with zero attached hydrogens (tertiary/aromatic N) is 2. The number of carbonyl (C=O) groups is 1. The van der Waals surface area contributed by atoms with Crippen LogP contribution in [-0.2, 0) is 14.8 Å². The number of sulfonamides is 1. The Balaban J connectivity index is 1.60. The first-order valence-electron chi connectivity index (χ1n) is 8.24. The van der Waals surface area contributed by atoms with Gasteiger partial charge in [0.15, 0.2) is 0 Å². The summed E-state index contributed by atoms with van der Waals surface area (Å²) in [6.07, 6.45) is 2.94. The van der Waals surface area contributed by atoms with Gasteiger partial charge in [0.1, 0.15) is 5.82 Å². The number of halogens is 1. The predicted molar refractivity (Wildman–Crippen MR) is 97.2 cm³/mol. The molecule has 0 N–H and O–H groups in total. The third-order valence-corrected chi connectivity index (χ3v) is 6.11. The van der Waals surface area contributed by atoms with Crippen molar-refractivity contribution in [1.82, 2.24) is 9.21 Å². The fraction of sp³-hybridized carbons (Fsp3) is 0.211. The molecule has 136 valence electrons. The average molecular weight is 374 g/mol. The maximum absolute atomic E-state index is 13.1. The molecule has 0 aromatic heterocycles. The van der Waals surface area contributed by atoms with Crippen LogP contribution in [0.5, 0.6) is 0 Å². The Morgan fingerprint density at radius 2 is 1.65 bits per heavy atom. The van der Waals surface area contributed by atoms with Crippen molar-refractivity contribution in [2.24, 2.45) is 0 Å². The van der Waals surface area contributed by atoms with E-state index in [0.29, 0.717) is 18.7 Å². The highest BCUT2D eigenvalue weighted by Crippen LogP contribution is 2.17. The maximum Gasteiger partial charge on any atom is 0.246 e. The molecule has 0 radical (unpaired) electrons. The smallest absolute Gasteiger partial charge is 0.246 e. The summed E-state index contributed by atoms with van der Waals surface area (Å²) in [4.78, 5) is 14.1. The Hall–Kier alpha value is -2.51. The van der Waals surface area contributed by atoms with Crippen LogP contribution >= 0.6 is 0 Å². The molecule has 1 heterocycles. The van der Waals surface area contributed by atoms with Gasteiger partial charge in [-0.05, 0) is 35.9 Å². The van der Waals surface area contributed by atoms with Crippen molar-refractivity contribution >= 4 is 22.0 Å². The molecule has 26 heavy (non-hydrogen) atoms. The van der Waals surface area contributed by atoms with Crippen molar-refractivity contribution in [3.8, 4) is 0 Å². The molecule has 0 aliphatic carbocycles. The van der Waals surface area contributed by atoms with Crippen LogP contribution in [0.4, 0.5) is 4.39 Å². The van der Waals surface area contributed by atoms with E-state index in [9.17, 15) is 17.6 Å². The standard InChI is InChI=1S/C19H19FN2O3S/c20-17-6-4-5-16(15-17)9-10-19(23)21-11-13-22(14-12-21)26(24,25)18-7-2-1-3-8-18/h1-10,15H,11-14H2. The second-order valence-corrected chi connectivity index (χ2v) is 7.87. The van der Waals surface area contributed by atoms with Gasteiger partial charge in [0, 0.05) is 32.3 Å². The Morgan fingerprint density at radius 1 is 0.962 bits per heavy atom. The molecular formula is C19H19FN2O3S. The number of carbonyl (C=O) groups excluding carboxylic acids is 1. The molecular weight excluding hydrogens is 355 g/mol. The minimum Gasteiger partial charge on any atom is -0.337 e. The van der Waals surface area contributed by atoms with Crippen molar-refractivity contribution < 1.29 is 17.6 Å². The van der Waals surface area contributed by atoms with Crippen LogP contribution < -0.4 is 0 Å². The lowest BCUT2D eigenvalue weighted by molar-refractivity contribution is -0.127. The van der Waals surface area contributed by atoms with Gasteiger partial charge in [0.25, 0.3) is 0 Å². The summed E-state index contributed by atoms with van der Waals surface area (Å²) >= 11 is 0. The van der Waals surface area contributed by atoms with E-state index in [1.165, 1.54) is 22.5 Å². The summed E-state index contributed by atoms with van der Waals surface area (Å²) in [5.74, 6) is -0.578. The molecule has 2 aromatic rings. The SMILES string of the molecule is O=C(C=Cc1cccc(F)c1)N1CCN(S(=O)(=O)c2ccccc2)CC1. The van der Waals surface area contributed by atoms with Crippen LogP contribution in [0.3, 0.4) is 0 Å². The van der Waals surface area contributed by atoms with Gasteiger partial charge in [-0.25, -0.2) is 12.8 Å². The molecule has 1 amide bonds. The molecule has 1 aliphatic heterocycles. The van der Waals surface area contributed by atoms with Crippen LogP contribution in [0.2, 0.25) is 0 Å². The van der Waals surface area contributed by atoms with Crippen molar-refractivity contribution in [3.05, 3.63) is 72.1 Å². The summed E-state index contributed by atoms with van der Waals surface area (Å²) in [5.41, 5.74) is 0.601. The van der Waals surface area contributed by atoms with E-state index in [0.717, 1.165) is 0 Å². The summed E-state index contributed by atoms with van der Waals surface area (Å²) in [6, 6.07) is 14.2. The maximum atomic E-state index is 13.1. The van der Waals surface area contributed by atoms with Crippen LogP contribution in [-0.4, -0.2) is 49.7 Å². The molecule has 1 fully saturated rings. The van der Waals surface area contributed by atoms with Crippen LogP contribution in [0.1, 0.15) is 5.56 Å². The highest BCUT2D eigenvalue weighted by atomic mass is 32.2. The van der Waals surface area contributed by atoms with Crippen LogP contribution in [0.15, 0.2) is 65.6 Å². The molecule has 5 nitrogen and oxygen atoms in total. The van der Waals surface area contributed by atoms with E-state index < -0.39 is 10.0 Å². The fourth-order valence-corrected chi connectivity index (χ4v) is 4.22. The Kier molecular flexibility index (Phi) is 5.49. The van der Waals surface area contributed by atoms with Gasteiger partial charge >= 0.3 is 0 Å². The van der Waals surface area contributed by atoms with E-state index in [1.54, 1.807) is 53.4 Å².